The molecule has 0 spiro atoms. The van der Waals surface area contributed by atoms with E-state index >= 15 is 0 Å². The van der Waals surface area contributed by atoms with E-state index in [0.29, 0.717) is 27.1 Å². The van der Waals surface area contributed by atoms with Crippen molar-refractivity contribution in [2.45, 2.75) is 6.61 Å². The number of pyridine rings is 2. The second-order valence-electron chi connectivity index (χ2n) is 4.00. The molecule has 19 heavy (non-hydrogen) atoms. The van der Waals surface area contributed by atoms with Gasteiger partial charge in [-0.3, -0.25) is 9.38 Å². The standard InChI is InChI=1S/C13H9Cl2N3O/c14-9-5-10(15)13-17-12(8-1-3-16-4-2-8)11(7-19)18(13)6-9/h1-6,19H,7H2. The Hall–Kier alpha value is -1.62. The van der Waals surface area contributed by atoms with Gasteiger partial charge in [0.1, 0.15) is 0 Å². The fourth-order valence-corrected chi connectivity index (χ4v) is 2.53. The van der Waals surface area contributed by atoms with Crippen molar-refractivity contribution < 1.29 is 5.11 Å². The van der Waals surface area contributed by atoms with Crippen molar-refractivity contribution in [1.29, 1.82) is 0 Å². The largest absolute Gasteiger partial charge is 0.390 e. The SMILES string of the molecule is OCc1c(-c2ccncc2)nc2c(Cl)cc(Cl)cn12. The topological polar surface area (TPSA) is 50.4 Å². The molecule has 0 radical (unpaired) electrons. The lowest BCUT2D eigenvalue weighted by Crippen LogP contribution is -1.94. The molecule has 0 aliphatic heterocycles. The fourth-order valence-electron chi connectivity index (χ4n) is 2.01. The Balaban J connectivity index is 2.35. The molecule has 96 valence electrons. The minimum atomic E-state index is -0.157. The Morgan fingerprint density at radius 3 is 2.63 bits per heavy atom. The molecule has 0 aliphatic rings. The summed E-state index contributed by atoms with van der Waals surface area (Å²) in [6.07, 6.45) is 5.04. The van der Waals surface area contributed by atoms with Gasteiger partial charge in [-0.25, -0.2) is 4.98 Å². The predicted molar refractivity (Wildman–Crippen MR) is 74.4 cm³/mol. The van der Waals surface area contributed by atoms with Crippen molar-refractivity contribution in [2.24, 2.45) is 0 Å². The molecular weight excluding hydrogens is 285 g/mol. The number of rotatable bonds is 2. The average Bonchev–Trinajstić information content (AvgIpc) is 2.78. The summed E-state index contributed by atoms with van der Waals surface area (Å²) in [4.78, 5) is 8.45. The molecule has 1 N–H and O–H groups in total. The van der Waals surface area contributed by atoms with Crippen LogP contribution >= 0.6 is 23.2 Å². The Bertz CT molecular complexity index is 740. The summed E-state index contributed by atoms with van der Waals surface area (Å²) in [5.41, 5.74) is 2.76. The normalized spacial score (nSPS) is 11.1. The van der Waals surface area contributed by atoms with Crippen molar-refractivity contribution in [3.05, 3.63) is 52.5 Å². The van der Waals surface area contributed by atoms with Crippen LogP contribution in [-0.4, -0.2) is 19.5 Å². The molecule has 0 bridgehead atoms. The maximum atomic E-state index is 9.59. The van der Waals surface area contributed by atoms with E-state index in [1.54, 1.807) is 29.1 Å². The average molecular weight is 294 g/mol. The zero-order valence-electron chi connectivity index (χ0n) is 9.72. The van der Waals surface area contributed by atoms with Gasteiger partial charge in [-0.2, -0.15) is 0 Å². The van der Waals surface area contributed by atoms with Gasteiger partial charge in [-0.1, -0.05) is 23.2 Å². The second kappa shape index (κ2) is 4.81. The summed E-state index contributed by atoms with van der Waals surface area (Å²) in [5, 5.41) is 10.5. The van der Waals surface area contributed by atoms with Gasteiger partial charge in [0.25, 0.3) is 0 Å². The van der Waals surface area contributed by atoms with Crippen LogP contribution in [0.1, 0.15) is 5.69 Å². The molecule has 0 saturated heterocycles. The first-order valence-corrected chi connectivity index (χ1v) is 6.33. The number of aliphatic hydroxyl groups excluding tert-OH is 1. The van der Waals surface area contributed by atoms with Crippen molar-refractivity contribution >= 4 is 28.8 Å². The second-order valence-corrected chi connectivity index (χ2v) is 4.84. The lowest BCUT2D eigenvalue weighted by molar-refractivity contribution is 0.276. The third kappa shape index (κ3) is 2.08. The number of hydrogen-bond donors (Lipinski definition) is 1. The molecule has 3 aromatic heterocycles. The summed E-state index contributed by atoms with van der Waals surface area (Å²) >= 11 is 12.1. The van der Waals surface area contributed by atoms with Gasteiger partial charge in [0.05, 0.1) is 28.0 Å². The van der Waals surface area contributed by atoms with E-state index in [0.717, 1.165) is 5.56 Å². The van der Waals surface area contributed by atoms with E-state index in [1.807, 2.05) is 12.1 Å². The van der Waals surface area contributed by atoms with Crippen molar-refractivity contribution in [3.63, 3.8) is 0 Å². The lowest BCUT2D eigenvalue weighted by atomic mass is 10.1. The van der Waals surface area contributed by atoms with Crippen LogP contribution in [0.3, 0.4) is 0 Å². The molecule has 0 fully saturated rings. The van der Waals surface area contributed by atoms with Crippen molar-refractivity contribution in [1.82, 2.24) is 14.4 Å². The molecule has 3 heterocycles. The number of imidazole rings is 1. The number of halogens is 2. The van der Waals surface area contributed by atoms with Gasteiger partial charge < -0.3 is 5.11 Å². The number of aromatic nitrogens is 3. The number of hydrogen-bond acceptors (Lipinski definition) is 3. The minimum absolute atomic E-state index is 0.157. The molecular formula is C13H9Cl2N3O. The highest BCUT2D eigenvalue weighted by Crippen LogP contribution is 2.29. The molecule has 0 amide bonds. The van der Waals surface area contributed by atoms with E-state index in [9.17, 15) is 5.11 Å². The first-order valence-electron chi connectivity index (χ1n) is 5.58. The third-order valence-electron chi connectivity index (χ3n) is 2.84. The van der Waals surface area contributed by atoms with Crippen molar-refractivity contribution in [3.8, 4) is 11.3 Å². The zero-order valence-corrected chi connectivity index (χ0v) is 11.2. The first kappa shape index (κ1) is 12.4. The van der Waals surface area contributed by atoms with Crippen LogP contribution in [0.5, 0.6) is 0 Å². The number of fused-ring (bicyclic) bond motifs is 1. The van der Waals surface area contributed by atoms with Gasteiger partial charge >= 0.3 is 0 Å². The maximum absolute atomic E-state index is 9.59. The summed E-state index contributed by atoms with van der Waals surface area (Å²) in [6, 6.07) is 5.29. The van der Waals surface area contributed by atoms with Crippen LogP contribution < -0.4 is 0 Å². The molecule has 4 nitrogen and oxygen atoms in total. The van der Waals surface area contributed by atoms with Gasteiger partial charge in [0.2, 0.25) is 0 Å². The zero-order chi connectivity index (χ0) is 13.4. The lowest BCUT2D eigenvalue weighted by Gasteiger charge is -2.02. The highest BCUT2D eigenvalue weighted by Gasteiger charge is 2.15. The van der Waals surface area contributed by atoms with Crippen LogP contribution in [0.2, 0.25) is 10.0 Å². The monoisotopic (exact) mass is 293 g/mol. The van der Waals surface area contributed by atoms with Gasteiger partial charge in [-0.05, 0) is 18.2 Å². The Morgan fingerprint density at radius 2 is 1.95 bits per heavy atom. The van der Waals surface area contributed by atoms with Crippen LogP contribution in [0.15, 0.2) is 36.8 Å². The molecule has 0 unspecified atom stereocenters. The highest BCUT2D eigenvalue weighted by atomic mass is 35.5. The van der Waals surface area contributed by atoms with Crippen LogP contribution in [0.25, 0.3) is 16.9 Å². The molecule has 6 heteroatoms. The summed E-state index contributed by atoms with van der Waals surface area (Å²) < 4.78 is 1.71. The van der Waals surface area contributed by atoms with Crippen molar-refractivity contribution in [2.75, 3.05) is 0 Å². The molecule has 3 rings (SSSR count). The summed E-state index contributed by atoms with van der Waals surface area (Å²) in [5.74, 6) is 0. The van der Waals surface area contributed by atoms with Crippen LogP contribution in [0.4, 0.5) is 0 Å². The maximum Gasteiger partial charge on any atom is 0.156 e. The molecule has 0 aromatic carbocycles. The van der Waals surface area contributed by atoms with Gasteiger partial charge in [0.15, 0.2) is 5.65 Å². The quantitative estimate of drug-likeness (QED) is 0.789. The van der Waals surface area contributed by atoms with Gasteiger partial charge in [0, 0.05) is 24.2 Å². The van der Waals surface area contributed by atoms with Crippen LogP contribution in [-0.2, 0) is 6.61 Å². The van der Waals surface area contributed by atoms with E-state index in [1.165, 1.54) is 0 Å². The molecule has 0 saturated carbocycles. The fraction of sp³-hybridized carbons (Fsp3) is 0.0769. The smallest absolute Gasteiger partial charge is 0.156 e. The third-order valence-corrected chi connectivity index (χ3v) is 3.33. The highest BCUT2D eigenvalue weighted by molar-refractivity contribution is 6.36. The van der Waals surface area contributed by atoms with E-state index in [-0.39, 0.29) is 6.61 Å². The Kier molecular flexibility index (Phi) is 3.14. The number of nitrogens with zero attached hydrogens (tertiary/aromatic N) is 3. The van der Waals surface area contributed by atoms with E-state index < -0.39 is 0 Å². The Labute approximate surface area is 119 Å². The van der Waals surface area contributed by atoms with Gasteiger partial charge in [-0.15, -0.1) is 0 Å². The molecule has 0 atom stereocenters. The van der Waals surface area contributed by atoms with E-state index in [4.69, 9.17) is 23.2 Å². The summed E-state index contributed by atoms with van der Waals surface area (Å²) in [6.45, 7) is -0.157. The predicted octanol–water partition coefficient (Wildman–Crippen LogP) is 3.20. The summed E-state index contributed by atoms with van der Waals surface area (Å²) in [7, 11) is 0. The Morgan fingerprint density at radius 1 is 1.21 bits per heavy atom. The van der Waals surface area contributed by atoms with E-state index in [2.05, 4.69) is 9.97 Å². The molecule has 0 aliphatic carbocycles. The number of aliphatic hydroxyl groups is 1. The minimum Gasteiger partial charge on any atom is -0.390 e. The van der Waals surface area contributed by atoms with Crippen LogP contribution in [0, 0.1) is 0 Å². The first-order chi connectivity index (χ1) is 9.20. The molecule has 3 aromatic rings.